The van der Waals surface area contributed by atoms with Crippen LogP contribution in [-0.2, 0) is 9.53 Å². The number of nitrogens with one attached hydrogen (secondary N) is 2. The van der Waals surface area contributed by atoms with Crippen molar-refractivity contribution >= 4 is 61.4 Å². The largest absolute Gasteiger partial charge is 0.460 e. The monoisotopic (exact) mass is 534 g/mol. The third-order valence-corrected chi connectivity index (χ3v) is 8.10. The van der Waals surface area contributed by atoms with Crippen molar-refractivity contribution in [1.82, 2.24) is 9.55 Å². The van der Waals surface area contributed by atoms with Crippen LogP contribution in [0.4, 0.5) is 8.78 Å². The molecule has 11 heteroatoms. The van der Waals surface area contributed by atoms with Gasteiger partial charge in [-0.3, -0.25) is 4.79 Å². The SMILES string of the molecule is CC(=O)O[C@H]1CC(n2c3ccc(F)cc3c3c4c(c5c6cc(F)ccc6[nH]c5c32)C(=O)[NH+](C)C4=O)[C@H](O)[C@@H]1O. The average Bonchev–Trinajstić information content (AvgIpc) is 3.56. The lowest BCUT2D eigenvalue weighted by molar-refractivity contribution is -0.693. The standard InChI is InChI=1S/C28H21F2N3O6/c1-10(34)39-18-9-17(25(35)26(18)36)33-16-6-4-12(30)8-14(16)20-22-21(27(37)32(2)28(22)38)19-13-7-11(29)3-5-15(13)31-23(19)24(20)33/h3-8,17-18,25-26,31,35-36H,9H2,1-2H3/p+1/t17?,18-,25-,26+/m0/s1. The number of aliphatic hydroxyl groups excluding tert-OH is 2. The lowest BCUT2D eigenvalue weighted by atomic mass is 9.96. The van der Waals surface area contributed by atoms with Gasteiger partial charge < -0.3 is 24.5 Å². The number of amides is 2. The molecule has 9 nitrogen and oxygen atoms in total. The van der Waals surface area contributed by atoms with E-state index in [2.05, 4.69) is 4.98 Å². The number of nitrogens with zero attached hydrogens (tertiary/aromatic N) is 1. The summed E-state index contributed by atoms with van der Waals surface area (Å²) in [5.41, 5.74) is 1.94. The predicted octanol–water partition coefficient (Wildman–Crippen LogP) is 2.11. The first-order chi connectivity index (χ1) is 18.6. The van der Waals surface area contributed by atoms with Gasteiger partial charge in [0, 0.05) is 45.9 Å². The van der Waals surface area contributed by atoms with Gasteiger partial charge in [-0.2, -0.15) is 0 Å². The highest BCUT2D eigenvalue weighted by Gasteiger charge is 2.48. The molecule has 0 bridgehead atoms. The smallest absolute Gasteiger partial charge is 0.353 e. The van der Waals surface area contributed by atoms with Crippen molar-refractivity contribution in [2.75, 3.05) is 7.05 Å². The molecule has 39 heavy (non-hydrogen) atoms. The van der Waals surface area contributed by atoms with Crippen molar-refractivity contribution in [3.63, 3.8) is 0 Å². The Hall–Kier alpha value is -4.19. The van der Waals surface area contributed by atoms with Crippen LogP contribution in [0, 0.1) is 11.6 Å². The summed E-state index contributed by atoms with van der Waals surface area (Å²) in [6.07, 6.45) is -3.75. The number of benzene rings is 3. The van der Waals surface area contributed by atoms with Gasteiger partial charge in [-0.1, -0.05) is 0 Å². The summed E-state index contributed by atoms with van der Waals surface area (Å²) < 4.78 is 36.0. The van der Waals surface area contributed by atoms with Gasteiger partial charge in [0.2, 0.25) is 0 Å². The second kappa shape index (κ2) is 7.92. The van der Waals surface area contributed by atoms with Crippen LogP contribution < -0.4 is 4.90 Å². The van der Waals surface area contributed by atoms with Crippen LogP contribution in [0.25, 0.3) is 43.6 Å². The third-order valence-electron chi connectivity index (χ3n) is 8.10. The molecule has 5 atom stereocenters. The number of imide groups is 1. The predicted molar refractivity (Wildman–Crippen MR) is 135 cm³/mol. The zero-order valence-electron chi connectivity index (χ0n) is 20.7. The van der Waals surface area contributed by atoms with Gasteiger partial charge in [0.05, 0.1) is 24.1 Å². The minimum absolute atomic E-state index is 0.00639. The number of ether oxygens (including phenoxy) is 1. The van der Waals surface area contributed by atoms with Crippen molar-refractivity contribution in [1.29, 1.82) is 0 Å². The fourth-order valence-corrected chi connectivity index (χ4v) is 6.47. The van der Waals surface area contributed by atoms with Crippen molar-refractivity contribution in [3.8, 4) is 0 Å². The molecule has 0 saturated heterocycles. The number of H-pyrrole nitrogens is 1. The number of aliphatic hydroxyl groups is 2. The van der Waals surface area contributed by atoms with Crippen LogP contribution >= 0.6 is 0 Å². The van der Waals surface area contributed by atoms with Crippen LogP contribution in [0.2, 0.25) is 0 Å². The summed E-state index contributed by atoms with van der Waals surface area (Å²) in [4.78, 5) is 41.9. The summed E-state index contributed by atoms with van der Waals surface area (Å²) >= 11 is 0. The normalized spacial score (nSPS) is 25.0. The number of carbonyl (C=O) groups is 3. The Labute approximate surface area is 218 Å². The van der Waals surface area contributed by atoms with Crippen LogP contribution in [0.15, 0.2) is 36.4 Å². The van der Waals surface area contributed by atoms with Crippen LogP contribution in [0.5, 0.6) is 0 Å². The van der Waals surface area contributed by atoms with E-state index in [9.17, 15) is 33.4 Å². The molecule has 2 aliphatic rings. The number of quaternary nitrogens is 1. The third kappa shape index (κ3) is 3.06. The van der Waals surface area contributed by atoms with Crippen molar-refractivity contribution in [2.45, 2.75) is 37.7 Å². The number of hydrogen-bond donors (Lipinski definition) is 4. The second-order valence-electron chi connectivity index (χ2n) is 10.3. The number of fused-ring (bicyclic) bond motifs is 10. The first kappa shape index (κ1) is 23.9. The Morgan fingerprint density at radius 3 is 2.33 bits per heavy atom. The lowest BCUT2D eigenvalue weighted by Crippen LogP contribution is -3.12. The maximum atomic E-state index is 14.7. The minimum Gasteiger partial charge on any atom is -0.460 e. The zero-order valence-corrected chi connectivity index (χ0v) is 20.7. The fourth-order valence-electron chi connectivity index (χ4n) is 6.47. The van der Waals surface area contributed by atoms with E-state index in [1.807, 2.05) is 0 Å². The molecule has 1 aliphatic carbocycles. The molecule has 4 N–H and O–H groups in total. The molecular formula is C28H22F2N3O6+. The van der Waals surface area contributed by atoms with Gasteiger partial charge in [-0.05, 0) is 36.4 Å². The topological polar surface area (TPSA) is 126 Å². The molecule has 7 rings (SSSR count). The van der Waals surface area contributed by atoms with E-state index in [4.69, 9.17) is 4.74 Å². The van der Waals surface area contributed by atoms with E-state index in [-0.39, 0.29) is 22.4 Å². The summed E-state index contributed by atoms with van der Waals surface area (Å²) in [5.74, 6) is -2.73. The Balaban J connectivity index is 1.69. The molecule has 1 fully saturated rings. The summed E-state index contributed by atoms with van der Waals surface area (Å²) in [5, 5.41) is 23.3. The molecule has 3 aromatic carbocycles. The molecule has 198 valence electrons. The number of rotatable bonds is 2. The maximum absolute atomic E-state index is 14.7. The van der Waals surface area contributed by atoms with Crippen molar-refractivity contribution in [2.24, 2.45) is 0 Å². The van der Waals surface area contributed by atoms with Crippen LogP contribution in [0.3, 0.4) is 0 Å². The van der Waals surface area contributed by atoms with Crippen molar-refractivity contribution in [3.05, 3.63) is 59.2 Å². The first-order valence-corrected chi connectivity index (χ1v) is 12.4. The molecule has 1 saturated carbocycles. The molecule has 3 heterocycles. The summed E-state index contributed by atoms with van der Waals surface area (Å²) in [6, 6.07) is 7.22. The number of esters is 1. The molecule has 5 aromatic rings. The second-order valence-corrected chi connectivity index (χ2v) is 10.3. The Kier molecular flexibility index (Phi) is 4.85. The Bertz CT molecular complexity index is 1940. The summed E-state index contributed by atoms with van der Waals surface area (Å²) in [6.45, 7) is 1.20. The van der Waals surface area contributed by atoms with E-state index in [1.165, 1.54) is 50.4 Å². The molecule has 0 spiro atoms. The molecule has 1 aliphatic heterocycles. The van der Waals surface area contributed by atoms with Crippen molar-refractivity contribution < 1.29 is 43.0 Å². The molecular weight excluding hydrogens is 512 g/mol. The molecule has 0 radical (unpaired) electrons. The molecule has 2 aromatic heterocycles. The van der Waals surface area contributed by atoms with Gasteiger partial charge in [-0.15, -0.1) is 0 Å². The molecule has 2 unspecified atom stereocenters. The number of hydrogen-bond acceptors (Lipinski definition) is 6. The lowest BCUT2D eigenvalue weighted by Gasteiger charge is -2.20. The Morgan fingerprint density at radius 2 is 1.64 bits per heavy atom. The quantitative estimate of drug-likeness (QED) is 0.203. The van der Waals surface area contributed by atoms with Gasteiger partial charge in [0.15, 0.2) is 0 Å². The number of carbonyl (C=O) groups excluding carboxylic acids is 3. The van der Waals surface area contributed by atoms with Gasteiger partial charge >= 0.3 is 17.8 Å². The highest BCUT2D eigenvalue weighted by Crippen LogP contribution is 2.46. The highest BCUT2D eigenvalue weighted by molar-refractivity contribution is 6.35. The minimum atomic E-state index is -1.40. The van der Waals surface area contributed by atoms with E-state index in [0.29, 0.717) is 43.6 Å². The fraction of sp³-hybridized carbons (Fsp3) is 0.250. The number of halogens is 2. The van der Waals surface area contributed by atoms with Crippen LogP contribution in [-0.4, -0.2) is 62.9 Å². The van der Waals surface area contributed by atoms with Crippen LogP contribution in [0.1, 0.15) is 40.1 Å². The van der Waals surface area contributed by atoms with Gasteiger partial charge in [0.1, 0.15) is 41.1 Å². The van der Waals surface area contributed by atoms with Gasteiger partial charge in [0.25, 0.3) is 0 Å². The number of aromatic amines is 1. The Morgan fingerprint density at radius 1 is 1.00 bits per heavy atom. The first-order valence-electron chi connectivity index (χ1n) is 12.4. The van der Waals surface area contributed by atoms with E-state index >= 15 is 0 Å². The maximum Gasteiger partial charge on any atom is 0.353 e. The van der Waals surface area contributed by atoms with Gasteiger partial charge in [-0.25, -0.2) is 23.3 Å². The highest BCUT2D eigenvalue weighted by atomic mass is 19.1. The summed E-state index contributed by atoms with van der Waals surface area (Å²) in [7, 11) is 1.43. The molecule has 2 amide bonds. The van der Waals surface area contributed by atoms with E-state index in [1.54, 1.807) is 4.57 Å². The van der Waals surface area contributed by atoms with E-state index < -0.39 is 53.8 Å². The number of aromatic nitrogens is 2. The zero-order chi connectivity index (χ0) is 27.5. The van der Waals surface area contributed by atoms with E-state index in [0.717, 1.165) is 0 Å². The average molecular weight is 534 g/mol.